The summed E-state index contributed by atoms with van der Waals surface area (Å²) < 4.78 is 0. The molecule has 0 aliphatic heterocycles. The van der Waals surface area contributed by atoms with E-state index in [2.05, 4.69) is 5.32 Å². The van der Waals surface area contributed by atoms with Gasteiger partial charge in [-0.2, -0.15) is 0 Å². The van der Waals surface area contributed by atoms with E-state index in [1.165, 1.54) is 5.56 Å². The van der Waals surface area contributed by atoms with E-state index in [1.807, 2.05) is 31.2 Å². The number of aliphatic hydroxyl groups excluding tert-OH is 1. The van der Waals surface area contributed by atoms with E-state index in [1.54, 1.807) is 0 Å². The summed E-state index contributed by atoms with van der Waals surface area (Å²) in [7, 11) is 0. The number of rotatable bonds is 7. The number of benzene rings is 1. The lowest BCUT2D eigenvalue weighted by molar-refractivity contribution is -0.120. The smallest absolute Gasteiger partial charge is 0.224 e. The van der Waals surface area contributed by atoms with E-state index in [9.17, 15) is 4.79 Å². The Morgan fingerprint density at radius 1 is 1.18 bits per heavy atom. The highest BCUT2D eigenvalue weighted by Gasteiger charge is 2.02. The largest absolute Gasteiger partial charge is 0.396 e. The zero-order valence-corrected chi connectivity index (χ0v) is 10.4. The number of amides is 1. The number of aliphatic hydroxyl groups is 1. The van der Waals surface area contributed by atoms with Gasteiger partial charge in [-0.05, 0) is 31.7 Å². The van der Waals surface area contributed by atoms with Crippen LogP contribution in [0.1, 0.15) is 30.4 Å². The summed E-state index contributed by atoms with van der Waals surface area (Å²) in [5.41, 5.74) is 2.25. The van der Waals surface area contributed by atoms with Gasteiger partial charge in [-0.1, -0.05) is 29.8 Å². The average molecular weight is 235 g/mol. The van der Waals surface area contributed by atoms with Crippen LogP contribution in [0.15, 0.2) is 24.3 Å². The normalized spacial score (nSPS) is 10.2. The van der Waals surface area contributed by atoms with Crippen LogP contribution in [-0.4, -0.2) is 24.2 Å². The fourth-order valence-corrected chi connectivity index (χ4v) is 1.60. The third kappa shape index (κ3) is 6.07. The van der Waals surface area contributed by atoms with Gasteiger partial charge in [0.05, 0.1) is 6.42 Å². The molecule has 94 valence electrons. The van der Waals surface area contributed by atoms with Gasteiger partial charge in [-0.15, -0.1) is 0 Å². The molecule has 0 aliphatic rings. The molecule has 0 atom stereocenters. The summed E-state index contributed by atoms with van der Waals surface area (Å²) in [6.07, 6.45) is 3.15. The molecule has 2 N–H and O–H groups in total. The van der Waals surface area contributed by atoms with E-state index < -0.39 is 0 Å². The van der Waals surface area contributed by atoms with Crippen molar-refractivity contribution in [3.63, 3.8) is 0 Å². The SMILES string of the molecule is Cc1ccc(CC(=O)NCCCCCO)cc1. The monoisotopic (exact) mass is 235 g/mol. The molecule has 0 aliphatic carbocycles. The molecule has 0 aromatic heterocycles. The van der Waals surface area contributed by atoms with E-state index in [4.69, 9.17) is 5.11 Å². The van der Waals surface area contributed by atoms with Crippen LogP contribution in [0.3, 0.4) is 0 Å². The molecule has 1 aromatic carbocycles. The van der Waals surface area contributed by atoms with Crippen molar-refractivity contribution in [1.29, 1.82) is 0 Å². The number of hydrogen-bond acceptors (Lipinski definition) is 2. The topological polar surface area (TPSA) is 49.3 Å². The summed E-state index contributed by atoms with van der Waals surface area (Å²) in [6, 6.07) is 8.01. The van der Waals surface area contributed by atoms with Crippen molar-refractivity contribution in [2.24, 2.45) is 0 Å². The van der Waals surface area contributed by atoms with Crippen molar-refractivity contribution in [1.82, 2.24) is 5.32 Å². The van der Waals surface area contributed by atoms with Gasteiger partial charge in [0.2, 0.25) is 5.91 Å². The molecule has 1 rings (SSSR count). The van der Waals surface area contributed by atoms with Crippen LogP contribution in [-0.2, 0) is 11.2 Å². The van der Waals surface area contributed by atoms with Crippen LogP contribution in [0, 0.1) is 6.92 Å². The van der Waals surface area contributed by atoms with Gasteiger partial charge in [0, 0.05) is 13.2 Å². The van der Waals surface area contributed by atoms with Crippen LogP contribution in [0.2, 0.25) is 0 Å². The van der Waals surface area contributed by atoms with Crippen molar-refractivity contribution in [2.45, 2.75) is 32.6 Å². The molecule has 0 bridgehead atoms. The Balaban J connectivity index is 2.18. The highest BCUT2D eigenvalue weighted by Crippen LogP contribution is 2.03. The summed E-state index contributed by atoms with van der Waals surface area (Å²) in [6.45, 7) is 2.97. The Bertz CT molecular complexity index is 333. The Morgan fingerprint density at radius 2 is 1.88 bits per heavy atom. The van der Waals surface area contributed by atoms with Gasteiger partial charge in [-0.3, -0.25) is 4.79 Å². The van der Waals surface area contributed by atoms with Crippen LogP contribution in [0.25, 0.3) is 0 Å². The van der Waals surface area contributed by atoms with Gasteiger partial charge < -0.3 is 10.4 Å². The van der Waals surface area contributed by atoms with Gasteiger partial charge >= 0.3 is 0 Å². The van der Waals surface area contributed by atoms with Crippen molar-refractivity contribution < 1.29 is 9.90 Å². The minimum absolute atomic E-state index is 0.0675. The number of nitrogens with one attached hydrogen (secondary N) is 1. The van der Waals surface area contributed by atoms with E-state index in [0.717, 1.165) is 24.8 Å². The van der Waals surface area contributed by atoms with Crippen molar-refractivity contribution >= 4 is 5.91 Å². The second kappa shape index (κ2) is 7.85. The summed E-state index contributed by atoms with van der Waals surface area (Å²) in [5.74, 6) is 0.0675. The molecule has 0 radical (unpaired) electrons. The van der Waals surface area contributed by atoms with E-state index in [0.29, 0.717) is 13.0 Å². The Hall–Kier alpha value is -1.35. The molecule has 0 spiro atoms. The molecule has 0 unspecified atom stereocenters. The number of hydrogen-bond donors (Lipinski definition) is 2. The molecule has 17 heavy (non-hydrogen) atoms. The molecule has 3 heteroatoms. The maximum absolute atomic E-state index is 11.6. The van der Waals surface area contributed by atoms with Crippen LogP contribution >= 0.6 is 0 Å². The maximum atomic E-state index is 11.6. The Morgan fingerprint density at radius 3 is 2.53 bits per heavy atom. The Labute approximate surface area is 103 Å². The van der Waals surface area contributed by atoms with Crippen molar-refractivity contribution in [2.75, 3.05) is 13.2 Å². The summed E-state index contributed by atoms with van der Waals surface area (Å²) >= 11 is 0. The zero-order valence-electron chi connectivity index (χ0n) is 10.4. The first kappa shape index (κ1) is 13.7. The molecular formula is C14H21NO2. The Kier molecular flexibility index (Phi) is 6.33. The molecule has 0 saturated carbocycles. The first-order valence-electron chi connectivity index (χ1n) is 6.15. The fraction of sp³-hybridized carbons (Fsp3) is 0.500. The standard InChI is InChI=1S/C14H21NO2/c1-12-5-7-13(8-6-12)11-14(17)15-9-3-2-4-10-16/h5-8,16H,2-4,9-11H2,1H3,(H,15,17). The number of unbranched alkanes of at least 4 members (excludes halogenated alkanes) is 2. The lowest BCUT2D eigenvalue weighted by atomic mass is 10.1. The van der Waals surface area contributed by atoms with Gasteiger partial charge in [0.1, 0.15) is 0 Å². The quantitative estimate of drug-likeness (QED) is 0.708. The van der Waals surface area contributed by atoms with Gasteiger partial charge in [0.25, 0.3) is 0 Å². The third-order valence-corrected chi connectivity index (χ3v) is 2.64. The van der Waals surface area contributed by atoms with Crippen molar-refractivity contribution in [3.05, 3.63) is 35.4 Å². The van der Waals surface area contributed by atoms with E-state index in [-0.39, 0.29) is 12.5 Å². The fourth-order valence-electron chi connectivity index (χ4n) is 1.60. The summed E-state index contributed by atoms with van der Waals surface area (Å²) in [4.78, 5) is 11.6. The first-order chi connectivity index (χ1) is 8.22. The molecule has 1 amide bonds. The van der Waals surface area contributed by atoms with Crippen LogP contribution in [0.5, 0.6) is 0 Å². The molecule has 0 fully saturated rings. The highest BCUT2D eigenvalue weighted by atomic mass is 16.2. The number of carbonyl (C=O) groups excluding carboxylic acids is 1. The molecular weight excluding hydrogens is 214 g/mol. The van der Waals surface area contributed by atoms with E-state index >= 15 is 0 Å². The minimum Gasteiger partial charge on any atom is -0.396 e. The second-order valence-corrected chi connectivity index (χ2v) is 4.30. The minimum atomic E-state index is 0.0675. The predicted octanol–water partition coefficient (Wildman–Crippen LogP) is 1.82. The molecule has 0 heterocycles. The lowest BCUT2D eigenvalue weighted by Crippen LogP contribution is -2.26. The first-order valence-corrected chi connectivity index (χ1v) is 6.15. The second-order valence-electron chi connectivity index (χ2n) is 4.30. The average Bonchev–Trinajstić information content (AvgIpc) is 2.32. The van der Waals surface area contributed by atoms with Crippen LogP contribution in [0.4, 0.5) is 0 Å². The maximum Gasteiger partial charge on any atom is 0.224 e. The molecule has 0 saturated heterocycles. The van der Waals surface area contributed by atoms with Gasteiger partial charge in [0.15, 0.2) is 0 Å². The third-order valence-electron chi connectivity index (χ3n) is 2.64. The molecule has 1 aromatic rings. The van der Waals surface area contributed by atoms with Crippen molar-refractivity contribution in [3.8, 4) is 0 Å². The number of carbonyl (C=O) groups is 1. The molecule has 3 nitrogen and oxygen atoms in total. The zero-order chi connectivity index (χ0) is 12.5. The van der Waals surface area contributed by atoms with Crippen LogP contribution < -0.4 is 5.32 Å². The van der Waals surface area contributed by atoms with Gasteiger partial charge in [-0.25, -0.2) is 0 Å². The number of aryl methyl sites for hydroxylation is 1. The lowest BCUT2D eigenvalue weighted by Gasteiger charge is -2.05. The summed E-state index contributed by atoms with van der Waals surface area (Å²) in [5, 5.41) is 11.5. The predicted molar refractivity (Wildman–Crippen MR) is 68.8 cm³/mol. The highest BCUT2D eigenvalue weighted by molar-refractivity contribution is 5.78.